The molecule has 2 rings (SSSR count). The second kappa shape index (κ2) is 4.43. The summed E-state index contributed by atoms with van der Waals surface area (Å²) in [7, 11) is 0. The maximum atomic E-state index is 11.9. The fourth-order valence-electron chi connectivity index (χ4n) is 2.35. The van der Waals surface area contributed by atoms with Gasteiger partial charge < -0.3 is 16.0 Å². The molecule has 1 aromatic rings. The van der Waals surface area contributed by atoms with Gasteiger partial charge >= 0.3 is 0 Å². The zero-order valence-electron chi connectivity index (χ0n) is 10.5. The summed E-state index contributed by atoms with van der Waals surface area (Å²) in [4.78, 5) is 14.8. The van der Waals surface area contributed by atoms with Gasteiger partial charge in [0.25, 0.3) is 5.91 Å². The first-order valence-electron chi connectivity index (χ1n) is 6.21. The fourth-order valence-corrected chi connectivity index (χ4v) is 2.35. The Labute approximate surface area is 102 Å². The second-order valence-electron chi connectivity index (χ2n) is 5.76. The SMILES string of the molecule is CC1(C)CCC(NC(=O)c2cc(N)c[nH]2)CC1. The van der Waals surface area contributed by atoms with Crippen molar-refractivity contribution in [1.82, 2.24) is 10.3 Å². The van der Waals surface area contributed by atoms with Crippen molar-refractivity contribution in [3.05, 3.63) is 18.0 Å². The largest absolute Gasteiger partial charge is 0.397 e. The highest BCUT2D eigenvalue weighted by Gasteiger charge is 2.27. The molecule has 94 valence electrons. The van der Waals surface area contributed by atoms with Crippen LogP contribution in [0.15, 0.2) is 12.3 Å². The number of nitrogens with two attached hydrogens (primary N) is 1. The number of hydrogen-bond acceptors (Lipinski definition) is 2. The Morgan fingerprint density at radius 2 is 2.12 bits per heavy atom. The summed E-state index contributed by atoms with van der Waals surface area (Å²) >= 11 is 0. The van der Waals surface area contributed by atoms with Crippen LogP contribution in [0.3, 0.4) is 0 Å². The third-order valence-corrected chi connectivity index (χ3v) is 3.62. The Morgan fingerprint density at radius 1 is 1.47 bits per heavy atom. The predicted molar refractivity (Wildman–Crippen MR) is 68.7 cm³/mol. The number of nitrogen functional groups attached to an aromatic ring is 1. The number of aromatic nitrogens is 1. The van der Waals surface area contributed by atoms with Crippen molar-refractivity contribution < 1.29 is 4.79 Å². The standard InChI is InChI=1S/C13H21N3O/c1-13(2)5-3-10(4-6-13)16-12(17)11-7-9(14)8-15-11/h7-8,10,15H,3-6,14H2,1-2H3,(H,16,17). The van der Waals surface area contributed by atoms with Crippen LogP contribution in [-0.2, 0) is 0 Å². The van der Waals surface area contributed by atoms with Gasteiger partial charge in [-0.3, -0.25) is 4.79 Å². The summed E-state index contributed by atoms with van der Waals surface area (Å²) in [5.41, 5.74) is 7.15. The predicted octanol–water partition coefficient (Wildman–Crippen LogP) is 2.30. The number of amides is 1. The molecule has 17 heavy (non-hydrogen) atoms. The van der Waals surface area contributed by atoms with Gasteiger partial charge in [0.2, 0.25) is 0 Å². The lowest BCUT2D eigenvalue weighted by molar-refractivity contribution is 0.0904. The van der Waals surface area contributed by atoms with E-state index in [9.17, 15) is 4.79 Å². The lowest BCUT2D eigenvalue weighted by Gasteiger charge is -2.34. The van der Waals surface area contributed by atoms with Gasteiger partial charge in [0.15, 0.2) is 0 Å². The highest BCUT2D eigenvalue weighted by molar-refractivity contribution is 5.93. The molecule has 0 bridgehead atoms. The minimum Gasteiger partial charge on any atom is -0.397 e. The molecule has 0 spiro atoms. The first-order chi connectivity index (χ1) is 7.96. The Kier molecular flexibility index (Phi) is 3.13. The Morgan fingerprint density at radius 3 is 2.65 bits per heavy atom. The lowest BCUT2D eigenvalue weighted by Crippen LogP contribution is -2.39. The van der Waals surface area contributed by atoms with Gasteiger partial charge in [-0.15, -0.1) is 0 Å². The molecule has 4 nitrogen and oxygen atoms in total. The summed E-state index contributed by atoms with van der Waals surface area (Å²) in [6.07, 6.45) is 6.11. The molecule has 0 saturated heterocycles. The van der Waals surface area contributed by atoms with Gasteiger partial charge in [-0.05, 0) is 37.2 Å². The molecule has 0 radical (unpaired) electrons. The average Bonchev–Trinajstić information content (AvgIpc) is 2.68. The Balaban J connectivity index is 1.88. The van der Waals surface area contributed by atoms with Crippen LogP contribution in [0.25, 0.3) is 0 Å². The van der Waals surface area contributed by atoms with E-state index in [2.05, 4.69) is 24.1 Å². The summed E-state index contributed by atoms with van der Waals surface area (Å²) in [6, 6.07) is 1.97. The van der Waals surface area contributed by atoms with Crippen LogP contribution in [-0.4, -0.2) is 16.9 Å². The van der Waals surface area contributed by atoms with Crippen LogP contribution in [0.4, 0.5) is 5.69 Å². The number of nitrogens with one attached hydrogen (secondary N) is 2. The molecule has 1 fully saturated rings. The van der Waals surface area contributed by atoms with Gasteiger partial charge in [0, 0.05) is 17.9 Å². The minimum absolute atomic E-state index is 0.0496. The van der Waals surface area contributed by atoms with Crippen molar-refractivity contribution in [3.63, 3.8) is 0 Å². The maximum absolute atomic E-state index is 11.9. The summed E-state index contributed by atoms with van der Waals surface area (Å²) in [5.74, 6) is -0.0496. The van der Waals surface area contributed by atoms with Gasteiger partial charge in [0.05, 0.1) is 0 Å². The molecule has 1 aliphatic rings. The van der Waals surface area contributed by atoms with E-state index in [-0.39, 0.29) is 5.91 Å². The van der Waals surface area contributed by atoms with Gasteiger partial charge in [-0.25, -0.2) is 0 Å². The maximum Gasteiger partial charge on any atom is 0.267 e. The third-order valence-electron chi connectivity index (χ3n) is 3.62. The Bertz CT molecular complexity index is 399. The first kappa shape index (κ1) is 12.0. The molecular formula is C13H21N3O. The van der Waals surface area contributed by atoms with E-state index in [4.69, 9.17) is 5.73 Å². The average molecular weight is 235 g/mol. The van der Waals surface area contributed by atoms with Crippen molar-refractivity contribution in [2.75, 3.05) is 5.73 Å². The quantitative estimate of drug-likeness (QED) is 0.736. The molecule has 4 N–H and O–H groups in total. The van der Waals surface area contributed by atoms with Crippen LogP contribution in [0.2, 0.25) is 0 Å². The van der Waals surface area contributed by atoms with Crippen molar-refractivity contribution in [2.24, 2.45) is 5.41 Å². The number of carbonyl (C=O) groups excluding carboxylic acids is 1. The summed E-state index contributed by atoms with van der Waals surface area (Å²) in [6.45, 7) is 4.58. The van der Waals surface area contributed by atoms with Crippen LogP contribution in [0.5, 0.6) is 0 Å². The molecule has 1 amide bonds. The van der Waals surface area contributed by atoms with Gasteiger partial charge in [-0.2, -0.15) is 0 Å². The zero-order chi connectivity index (χ0) is 12.5. The molecular weight excluding hydrogens is 214 g/mol. The minimum atomic E-state index is -0.0496. The van der Waals surface area contributed by atoms with Crippen LogP contribution >= 0.6 is 0 Å². The number of hydrogen-bond donors (Lipinski definition) is 3. The highest BCUT2D eigenvalue weighted by Crippen LogP contribution is 2.35. The third kappa shape index (κ3) is 3.02. The lowest BCUT2D eigenvalue weighted by atomic mass is 9.75. The number of anilines is 1. The molecule has 1 aliphatic carbocycles. The highest BCUT2D eigenvalue weighted by atomic mass is 16.1. The molecule has 0 unspecified atom stereocenters. The van der Waals surface area contributed by atoms with E-state index < -0.39 is 0 Å². The molecule has 0 atom stereocenters. The molecule has 0 aromatic carbocycles. The van der Waals surface area contributed by atoms with Crippen LogP contribution in [0, 0.1) is 5.41 Å². The van der Waals surface area contributed by atoms with Crippen LogP contribution in [0.1, 0.15) is 50.0 Å². The smallest absolute Gasteiger partial charge is 0.267 e. The van der Waals surface area contributed by atoms with E-state index in [0.29, 0.717) is 22.8 Å². The van der Waals surface area contributed by atoms with E-state index in [1.807, 2.05) is 0 Å². The molecule has 0 aliphatic heterocycles. The second-order valence-corrected chi connectivity index (χ2v) is 5.76. The molecule has 4 heteroatoms. The molecule has 1 saturated carbocycles. The number of rotatable bonds is 2. The monoisotopic (exact) mass is 235 g/mol. The molecule has 1 heterocycles. The van der Waals surface area contributed by atoms with E-state index in [1.54, 1.807) is 12.3 Å². The van der Waals surface area contributed by atoms with E-state index in [0.717, 1.165) is 12.8 Å². The van der Waals surface area contributed by atoms with E-state index >= 15 is 0 Å². The van der Waals surface area contributed by atoms with Crippen molar-refractivity contribution in [2.45, 2.75) is 45.6 Å². The van der Waals surface area contributed by atoms with E-state index in [1.165, 1.54) is 12.8 Å². The summed E-state index contributed by atoms with van der Waals surface area (Å²) < 4.78 is 0. The molecule has 1 aromatic heterocycles. The van der Waals surface area contributed by atoms with Gasteiger partial charge in [-0.1, -0.05) is 13.8 Å². The van der Waals surface area contributed by atoms with Crippen molar-refractivity contribution in [3.8, 4) is 0 Å². The zero-order valence-corrected chi connectivity index (χ0v) is 10.5. The topological polar surface area (TPSA) is 70.9 Å². The summed E-state index contributed by atoms with van der Waals surface area (Å²) in [5, 5.41) is 3.06. The van der Waals surface area contributed by atoms with Crippen molar-refractivity contribution >= 4 is 11.6 Å². The first-order valence-corrected chi connectivity index (χ1v) is 6.21. The van der Waals surface area contributed by atoms with Crippen LogP contribution < -0.4 is 11.1 Å². The normalized spacial score (nSPS) is 20.1. The fraction of sp³-hybridized carbons (Fsp3) is 0.615. The van der Waals surface area contributed by atoms with Crippen molar-refractivity contribution in [1.29, 1.82) is 0 Å². The van der Waals surface area contributed by atoms with Gasteiger partial charge in [0.1, 0.15) is 5.69 Å². The number of aromatic amines is 1. The Hall–Kier alpha value is -1.45. The number of H-pyrrole nitrogens is 1. The number of carbonyl (C=O) groups is 1.